The minimum Gasteiger partial charge on any atom is -0.431 e. The van der Waals surface area contributed by atoms with Gasteiger partial charge in [-0.15, -0.1) is 13.2 Å². The normalized spacial score (nSPS) is 11.1. The predicted octanol–water partition coefficient (Wildman–Crippen LogP) is 3.65. The number of rotatable bonds is 4. The molecule has 0 atom stereocenters. The van der Waals surface area contributed by atoms with Crippen molar-refractivity contribution in [3.63, 3.8) is 0 Å². The lowest BCUT2D eigenvalue weighted by molar-refractivity contribution is -0.274. The van der Waals surface area contributed by atoms with Gasteiger partial charge in [-0.05, 0) is 12.1 Å². The Hall–Kier alpha value is -2.09. The van der Waals surface area contributed by atoms with Gasteiger partial charge in [-0.25, -0.2) is 4.98 Å². The zero-order chi connectivity index (χ0) is 13.9. The van der Waals surface area contributed by atoms with E-state index in [0.29, 0.717) is 11.2 Å². The number of halogens is 3. The molecular weight excluding hydrogens is 283 g/mol. The fourth-order valence-electron chi connectivity index (χ4n) is 1.21. The second-order valence-corrected chi connectivity index (χ2v) is 4.30. The number of hydrogen-bond acceptors (Lipinski definition) is 5. The Labute approximate surface area is 109 Å². The zero-order valence-corrected chi connectivity index (χ0v) is 9.99. The van der Waals surface area contributed by atoms with Gasteiger partial charge in [0.15, 0.2) is 6.29 Å². The first-order chi connectivity index (χ1) is 8.96. The first-order valence-corrected chi connectivity index (χ1v) is 5.72. The van der Waals surface area contributed by atoms with E-state index in [4.69, 9.17) is 4.74 Å². The summed E-state index contributed by atoms with van der Waals surface area (Å²) < 4.78 is 45.1. The molecule has 1 aromatic carbocycles. The van der Waals surface area contributed by atoms with Gasteiger partial charge in [0.25, 0.3) is 5.19 Å². The number of carbonyl (C=O) groups is 1. The highest BCUT2D eigenvalue weighted by Crippen LogP contribution is 2.30. The quantitative estimate of drug-likeness (QED) is 0.806. The molecule has 4 nitrogen and oxygen atoms in total. The standard InChI is InChI=1S/C11H6F3NO3S/c12-11(13,14)18-8-3-1-2-7(4-8)17-10-15-5-9(6-16)19-10/h1-6H. The molecule has 0 saturated carbocycles. The maximum absolute atomic E-state index is 12.0. The summed E-state index contributed by atoms with van der Waals surface area (Å²) in [5.74, 6) is -0.259. The first-order valence-electron chi connectivity index (χ1n) is 4.91. The Bertz CT molecular complexity index is 583. The van der Waals surface area contributed by atoms with Crippen molar-refractivity contribution < 1.29 is 27.4 Å². The lowest BCUT2D eigenvalue weighted by atomic mass is 10.3. The molecular formula is C11H6F3NO3S. The summed E-state index contributed by atoms with van der Waals surface area (Å²) in [4.78, 5) is 14.6. The van der Waals surface area contributed by atoms with Crippen LogP contribution in [0.2, 0.25) is 0 Å². The summed E-state index contributed by atoms with van der Waals surface area (Å²) in [6.45, 7) is 0. The van der Waals surface area contributed by atoms with Crippen molar-refractivity contribution in [1.29, 1.82) is 0 Å². The van der Waals surface area contributed by atoms with Crippen molar-refractivity contribution in [2.75, 3.05) is 0 Å². The number of thiazole rings is 1. The van der Waals surface area contributed by atoms with Crippen LogP contribution in [0.15, 0.2) is 30.5 Å². The van der Waals surface area contributed by atoms with Gasteiger partial charge in [-0.3, -0.25) is 4.79 Å². The summed E-state index contributed by atoms with van der Waals surface area (Å²) >= 11 is 0.982. The largest absolute Gasteiger partial charge is 0.573 e. The Kier molecular flexibility index (Phi) is 3.70. The Morgan fingerprint density at radius 3 is 2.63 bits per heavy atom. The van der Waals surface area contributed by atoms with Crippen molar-refractivity contribution in [1.82, 2.24) is 4.98 Å². The summed E-state index contributed by atoms with van der Waals surface area (Å²) in [6.07, 6.45) is -2.85. The van der Waals surface area contributed by atoms with Crippen LogP contribution in [-0.2, 0) is 0 Å². The zero-order valence-electron chi connectivity index (χ0n) is 9.18. The molecule has 0 N–H and O–H groups in total. The molecule has 0 unspecified atom stereocenters. The molecule has 100 valence electrons. The van der Waals surface area contributed by atoms with Gasteiger partial charge >= 0.3 is 6.36 Å². The lowest BCUT2D eigenvalue weighted by Gasteiger charge is -2.09. The molecule has 1 heterocycles. The van der Waals surface area contributed by atoms with E-state index in [0.717, 1.165) is 23.5 Å². The maximum atomic E-state index is 12.0. The van der Waals surface area contributed by atoms with Gasteiger partial charge in [0.05, 0.1) is 11.1 Å². The average Bonchev–Trinajstić information content (AvgIpc) is 2.75. The van der Waals surface area contributed by atoms with Crippen molar-refractivity contribution in [3.05, 3.63) is 35.3 Å². The summed E-state index contributed by atoms with van der Waals surface area (Å²) in [7, 11) is 0. The van der Waals surface area contributed by atoms with Crippen molar-refractivity contribution >= 4 is 17.6 Å². The van der Waals surface area contributed by atoms with E-state index in [-0.39, 0.29) is 10.9 Å². The lowest BCUT2D eigenvalue weighted by Crippen LogP contribution is -2.16. The highest BCUT2D eigenvalue weighted by molar-refractivity contribution is 7.15. The molecule has 0 fully saturated rings. The topological polar surface area (TPSA) is 48.4 Å². The van der Waals surface area contributed by atoms with Crippen LogP contribution >= 0.6 is 11.3 Å². The number of carbonyl (C=O) groups excluding carboxylic acids is 1. The molecule has 1 aromatic heterocycles. The number of aromatic nitrogens is 1. The minimum absolute atomic E-state index is 0.133. The Morgan fingerprint density at radius 1 is 1.26 bits per heavy atom. The van der Waals surface area contributed by atoms with Crippen LogP contribution in [0.4, 0.5) is 13.2 Å². The van der Waals surface area contributed by atoms with Crippen LogP contribution in [-0.4, -0.2) is 17.6 Å². The highest BCUT2D eigenvalue weighted by Gasteiger charge is 2.31. The fourth-order valence-corrected chi connectivity index (χ4v) is 1.81. The third-order valence-electron chi connectivity index (χ3n) is 1.86. The number of alkyl halides is 3. The van der Waals surface area contributed by atoms with Gasteiger partial charge in [0.2, 0.25) is 0 Å². The van der Waals surface area contributed by atoms with Crippen LogP contribution < -0.4 is 9.47 Å². The SMILES string of the molecule is O=Cc1cnc(Oc2cccc(OC(F)(F)F)c2)s1. The number of benzene rings is 1. The molecule has 0 aliphatic carbocycles. The van der Waals surface area contributed by atoms with Gasteiger partial charge in [-0.1, -0.05) is 17.4 Å². The third kappa shape index (κ3) is 3.95. The van der Waals surface area contributed by atoms with Crippen molar-refractivity contribution in [2.24, 2.45) is 0 Å². The van der Waals surface area contributed by atoms with E-state index in [1.807, 2.05) is 0 Å². The van der Waals surface area contributed by atoms with Gasteiger partial charge < -0.3 is 9.47 Å². The van der Waals surface area contributed by atoms with Crippen LogP contribution in [0, 0.1) is 0 Å². The van der Waals surface area contributed by atoms with Gasteiger partial charge in [0, 0.05) is 6.07 Å². The van der Waals surface area contributed by atoms with E-state index < -0.39 is 12.1 Å². The van der Waals surface area contributed by atoms with E-state index >= 15 is 0 Å². The molecule has 0 aliphatic rings. The summed E-state index contributed by atoms with van der Waals surface area (Å²) in [5.41, 5.74) is 0. The monoisotopic (exact) mass is 289 g/mol. The van der Waals surface area contributed by atoms with Crippen molar-refractivity contribution in [2.45, 2.75) is 6.36 Å². The number of aldehydes is 1. The van der Waals surface area contributed by atoms with E-state index in [1.165, 1.54) is 18.3 Å². The first kappa shape index (κ1) is 13.3. The third-order valence-corrected chi connectivity index (χ3v) is 2.66. The molecule has 8 heteroatoms. The van der Waals surface area contributed by atoms with E-state index in [2.05, 4.69) is 9.72 Å². The molecule has 0 saturated heterocycles. The summed E-state index contributed by atoms with van der Waals surface area (Å²) in [5, 5.41) is 0.159. The Balaban J connectivity index is 2.12. The van der Waals surface area contributed by atoms with Gasteiger partial charge in [0.1, 0.15) is 11.5 Å². The molecule has 0 radical (unpaired) electrons. The molecule has 0 bridgehead atoms. The summed E-state index contributed by atoms with van der Waals surface area (Å²) in [6, 6.07) is 5.03. The number of hydrogen-bond donors (Lipinski definition) is 0. The number of nitrogens with zero attached hydrogens (tertiary/aromatic N) is 1. The smallest absolute Gasteiger partial charge is 0.431 e. The molecule has 2 aromatic rings. The Morgan fingerprint density at radius 2 is 2.00 bits per heavy atom. The number of ether oxygens (including phenoxy) is 2. The molecule has 0 amide bonds. The van der Waals surface area contributed by atoms with Crippen LogP contribution in [0.3, 0.4) is 0 Å². The average molecular weight is 289 g/mol. The highest BCUT2D eigenvalue weighted by atomic mass is 32.1. The predicted molar refractivity (Wildman–Crippen MR) is 60.7 cm³/mol. The maximum Gasteiger partial charge on any atom is 0.573 e. The molecule has 0 aliphatic heterocycles. The van der Waals surface area contributed by atoms with Crippen LogP contribution in [0.5, 0.6) is 16.7 Å². The molecule has 19 heavy (non-hydrogen) atoms. The van der Waals surface area contributed by atoms with Gasteiger partial charge in [-0.2, -0.15) is 0 Å². The minimum atomic E-state index is -4.76. The van der Waals surface area contributed by atoms with Crippen LogP contribution in [0.1, 0.15) is 9.67 Å². The van der Waals surface area contributed by atoms with Crippen LogP contribution in [0.25, 0.3) is 0 Å². The second-order valence-electron chi connectivity index (χ2n) is 3.27. The van der Waals surface area contributed by atoms with E-state index in [9.17, 15) is 18.0 Å². The fraction of sp³-hybridized carbons (Fsp3) is 0.0909. The van der Waals surface area contributed by atoms with Crippen molar-refractivity contribution in [3.8, 4) is 16.7 Å². The molecule has 2 rings (SSSR count). The second kappa shape index (κ2) is 5.27. The van der Waals surface area contributed by atoms with E-state index in [1.54, 1.807) is 0 Å². The molecule has 0 spiro atoms.